The smallest absolute Gasteiger partial charge is 0.298 e. The highest BCUT2D eigenvalue weighted by atomic mass is 16.2. The van der Waals surface area contributed by atoms with Gasteiger partial charge in [0.2, 0.25) is 5.95 Å². The van der Waals surface area contributed by atoms with E-state index in [1.165, 1.54) is 17.1 Å². The van der Waals surface area contributed by atoms with Gasteiger partial charge >= 0.3 is 0 Å². The number of para-hydroxylation sites is 1. The molecule has 0 aliphatic heterocycles. The number of rotatable bonds is 5. The number of ketones is 1. The lowest BCUT2D eigenvalue weighted by Crippen LogP contribution is -2.25. The summed E-state index contributed by atoms with van der Waals surface area (Å²) in [4.78, 5) is 49.0. The molecule has 0 aliphatic rings. The lowest BCUT2D eigenvalue weighted by Gasteiger charge is -2.09. The van der Waals surface area contributed by atoms with Crippen LogP contribution >= 0.6 is 0 Å². The number of fused-ring (bicyclic) bond motifs is 2. The van der Waals surface area contributed by atoms with Gasteiger partial charge in [-0.15, -0.1) is 0 Å². The van der Waals surface area contributed by atoms with Gasteiger partial charge in [-0.05, 0) is 37.6 Å². The van der Waals surface area contributed by atoms with Crippen molar-refractivity contribution in [2.75, 3.05) is 5.32 Å². The van der Waals surface area contributed by atoms with Crippen LogP contribution in [0.2, 0.25) is 0 Å². The molecule has 0 atom stereocenters. The molecule has 0 spiro atoms. The summed E-state index contributed by atoms with van der Waals surface area (Å²) >= 11 is 0. The summed E-state index contributed by atoms with van der Waals surface area (Å²) in [5, 5.41) is 12.3. The van der Waals surface area contributed by atoms with Gasteiger partial charge in [0, 0.05) is 23.2 Å². The van der Waals surface area contributed by atoms with E-state index in [0.29, 0.717) is 22.1 Å². The van der Waals surface area contributed by atoms with Crippen LogP contribution in [-0.4, -0.2) is 46.2 Å². The van der Waals surface area contributed by atoms with Gasteiger partial charge in [-0.1, -0.05) is 30.3 Å². The Bertz CT molecular complexity index is 1910. The number of nitrogens with zero attached hydrogens (tertiary/aromatic N) is 5. The molecule has 0 bridgehead atoms. The summed E-state index contributed by atoms with van der Waals surface area (Å²) in [5.41, 5.74) is 3.23. The van der Waals surface area contributed by atoms with Crippen molar-refractivity contribution in [3.63, 3.8) is 0 Å². The molecular weight excluding hydrogens is 472 g/mol. The van der Waals surface area contributed by atoms with E-state index >= 15 is 0 Å². The lowest BCUT2D eigenvalue weighted by atomic mass is 10.1. The third-order valence-corrected chi connectivity index (χ3v) is 5.99. The number of hydrogen-bond acceptors (Lipinski definition) is 6. The van der Waals surface area contributed by atoms with E-state index in [0.717, 1.165) is 16.8 Å². The number of aromatic amines is 2. The van der Waals surface area contributed by atoms with Gasteiger partial charge in [-0.25, -0.2) is 4.68 Å². The minimum Gasteiger partial charge on any atom is -0.360 e. The van der Waals surface area contributed by atoms with Crippen LogP contribution in [0.5, 0.6) is 0 Å². The number of aryl methyl sites for hydroxylation is 2. The molecule has 1 amide bonds. The maximum absolute atomic E-state index is 13.0. The lowest BCUT2D eigenvalue weighted by molar-refractivity contribution is -0.112. The number of anilines is 1. The minimum atomic E-state index is -0.848. The Balaban J connectivity index is 1.39. The number of carbonyl (C=O) groups is 2. The molecule has 0 radical (unpaired) electrons. The predicted molar refractivity (Wildman–Crippen MR) is 137 cm³/mol. The number of H-pyrrole nitrogens is 2. The topological polar surface area (TPSA) is 143 Å². The third kappa shape index (κ3) is 3.78. The van der Waals surface area contributed by atoms with Gasteiger partial charge in [0.1, 0.15) is 11.2 Å². The minimum absolute atomic E-state index is 0.0647. The molecule has 182 valence electrons. The van der Waals surface area contributed by atoms with Crippen molar-refractivity contribution in [1.82, 2.24) is 34.5 Å². The molecule has 37 heavy (non-hydrogen) atoms. The molecule has 0 aliphatic carbocycles. The summed E-state index contributed by atoms with van der Waals surface area (Å²) in [7, 11) is 0. The fourth-order valence-corrected chi connectivity index (χ4v) is 4.26. The first-order valence-corrected chi connectivity index (χ1v) is 11.4. The third-order valence-electron chi connectivity index (χ3n) is 5.99. The van der Waals surface area contributed by atoms with E-state index in [2.05, 4.69) is 30.5 Å². The second-order valence-corrected chi connectivity index (χ2v) is 8.64. The average Bonchev–Trinajstić information content (AvgIpc) is 3.60. The van der Waals surface area contributed by atoms with Crippen LogP contribution in [0.4, 0.5) is 5.82 Å². The highest BCUT2D eigenvalue weighted by Crippen LogP contribution is 2.21. The quantitative estimate of drug-likeness (QED) is 0.249. The second-order valence-electron chi connectivity index (χ2n) is 8.64. The predicted octanol–water partition coefficient (Wildman–Crippen LogP) is 3.21. The Morgan fingerprint density at radius 1 is 0.973 bits per heavy atom. The van der Waals surface area contributed by atoms with Gasteiger partial charge < -0.3 is 10.3 Å². The highest BCUT2D eigenvalue weighted by Gasteiger charge is 2.23. The van der Waals surface area contributed by atoms with Crippen LogP contribution in [0, 0.1) is 13.8 Å². The van der Waals surface area contributed by atoms with Gasteiger partial charge in [0.15, 0.2) is 5.65 Å². The van der Waals surface area contributed by atoms with Crippen LogP contribution in [-0.2, 0) is 4.79 Å². The Labute approximate surface area is 208 Å². The number of Topliss-reactive ketones (excluding diaryl/α,β-unsaturated/α-hetero) is 1. The van der Waals surface area contributed by atoms with E-state index in [9.17, 15) is 14.4 Å². The zero-order valence-electron chi connectivity index (χ0n) is 19.8. The summed E-state index contributed by atoms with van der Waals surface area (Å²) in [6.07, 6.45) is 2.96. The van der Waals surface area contributed by atoms with Crippen molar-refractivity contribution in [1.29, 1.82) is 0 Å². The van der Waals surface area contributed by atoms with E-state index < -0.39 is 17.2 Å². The Hall–Kier alpha value is -5.32. The first-order chi connectivity index (χ1) is 17.9. The molecule has 0 fully saturated rings. The van der Waals surface area contributed by atoms with Crippen molar-refractivity contribution in [3.05, 3.63) is 94.2 Å². The summed E-state index contributed by atoms with van der Waals surface area (Å²) < 4.78 is 2.85. The number of benzene rings is 2. The molecule has 0 saturated heterocycles. The van der Waals surface area contributed by atoms with Gasteiger partial charge in [-0.2, -0.15) is 19.9 Å². The molecule has 6 rings (SSSR count). The van der Waals surface area contributed by atoms with E-state index in [1.54, 1.807) is 29.8 Å². The molecule has 11 nitrogen and oxygen atoms in total. The summed E-state index contributed by atoms with van der Waals surface area (Å²) in [6.45, 7) is 3.68. The van der Waals surface area contributed by atoms with E-state index in [4.69, 9.17) is 0 Å². The molecular formula is C26H20N8O3. The zero-order chi connectivity index (χ0) is 25.7. The number of carbonyl (C=O) groups excluding carboxylic acids is 2. The Kier molecular flexibility index (Phi) is 5.04. The average molecular weight is 492 g/mol. The van der Waals surface area contributed by atoms with Gasteiger partial charge in [0.05, 0.1) is 23.1 Å². The Morgan fingerprint density at radius 3 is 2.65 bits per heavy atom. The van der Waals surface area contributed by atoms with Crippen molar-refractivity contribution in [3.8, 4) is 11.6 Å². The first-order valence-electron chi connectivity index (χ1n) is 11.4. The molecule has 0 saturated carbocycles. The maximum Gasteiger partial charge on any atom is 0.298 e. The molecule has 11 heteroatoms. The molecule has 3 N–H and O–H groups in total. The van der Waals surface area contributed by atoms with Crippen molar-refractivity contribution in [2.24, 2.45) is 0 Å². The SMILES string of the molecule is Cc1cccc(-n2ncc3c(=O)[nH]c(-n4nc(C)cc4NC(=O)C(=O)c4c[nH]c5ccccc45)nc32)c1. The van der Waals surface area contributed by atoms with Gasteiger partial charge in [-0.3, -0.25) is 19.4 Å². The van der Waals surface area contributed by atoms with Crippen LogP contribution in [0.25, 0.3) is 33.6 Å². The summed E-state index contributed by atoms with van der Waals surface area (Å²) in [5.74, 6) is -1.31. The van der Waals surface area contributed by atoms with Crippen LogP contribution in [0.1, 0.15) is 21.6 Å². The molecule has 2 aromatic carbocycles. The Morgan fingerprint density at radius 2 is 1.81 bits per heavy atom. The van der Waals surface area contributed by atoms with Crippen LogP contribution < -0.4 is 10.9 Å². The van der Waals surface area contributed by atoms with E-state index in [-0.39, 0.29) is 17.3 Å². The molecule has 0 unspecified atom stereocenters. The molecule has 4 aromatic heterocycles. The van der Waals surface area contributed by atoms with Crippen LogP contribution in [0.15, 0.2) is 71.8 Å². The van der Waals surface area contributed by atoms with Crippen molar-refractivity contribution >= 4 is 39.4 Å². The highest BCUT2D eigenvalue weighted by molar-refractivity contribution is 6.48. The standard InChI is InChI=1S/C26H20N8O3/c1-14-6-5-7-16(10-14)33-23-19(13-28-33)24(36)31-26(30-23)34-21(11-15(2)32-34)29-25(37)22(35)18-12-27-20-9-4-3-8-17(18)20/h3-13,27H,1-2H3,(H,29,37)(H,30,31,36). The zero-order valence-corrected chi connectivity index (χ0v) is 19.8. The fourth-order valence-electron chi connectivity index (χ4n) is 4.26. The van der Waals surface area contributed by atoms with E-state index in [1.807, 2.05) is 43.3 Å². The number of hydrogen-bond donors (Lipinski definition) is 3. The number of nitrogens with one attached hydrogen (secondary N) is 3. The molecule has 6 aromatic rings. The van der Waals surface area contributed by atoms with Crippen LogP contribution in [0.3, 0.4) is 0 Å². The first kappa shape index (κ1) is 22.2. The normalized spacial score (nSPS) is 11.3. The monoisotopic (exact) mass is 492 g/mol. The molecule has 4 heterocycles. The summed E-state index contributed by atoms with van der Waals surface area (Å²) in [6, 6.07) is 16.4. The van der Waals surface area contributed by atoms with Crippen molar-refractivity contribution < 1.29 is 9.59 Å². The number of aromatic nitrogens is 7. The fraction of sp³-hybridized carbons (Fsp3) is 0.0769. The van der Waals surface area contributed by atoms with Crippen molar-refractivity contribution in [2.45, 2.75) is 13.8 Å². The number of amides is 1. The largest absolute Gasteiger partial charge is 0.360 e. The van der Waals surface area contributed by atoms with Gasteiger partial charge in [0.25, 0.3) is 17.2 Å². The second kappa shape index (κ2) is 8.41. The maximum atomic E-state index is 13.0.